The summed E-state index contributed by atoms with van der Waals surface area (Å²) in [4.78, 5) is 43.9. The van der Waals surface area contributed by atoms with Gasteiger partial charge in [0.1, 0.15) is 17.2 Å². The summed E-state index contributed by atoms with van der Waals surface area (Å²) in [6, 6.07) is 20.0. The van der Waals surface area contributed by atoms with E-state index >= 15 is 0 Å². The monoisotopic (exact) mass is 498 g/mol. The highest BCUT2D eigenvalue weighted by molar-refractivity contribution is 6.35. The van der Waals surface area contributed by atoms with E-state index in [2.05, 4.69) is 5.10 Å². The molecule has 0 saturated carbocycles. The summed E-state index contributed by atoms with van der Waals surface area (Å²) < 4.78 is 12.0. The van der Waals surface area contributed by atoms with E-state index in [9.17, 15) is 14.4 Å². The molecule has 4 aromatic rings. The fraction of sp³-hybridized carbons (Fsp3) is 0.179. The topological polar surface area (TPSA) is 101 Å². The lowest BCUT2D eigenvalue weighted by molar-refractivity contribution is -0.138. The number of nitrogens with one attached hydrogen (secondary N) is 1. The average molecular weight is 499 g/mol. The number of methoxy groups -OCH3 is 1. The summed E-state index contributed by atoms with van der Waals surface area (Å²) in [7, 11) is 3.31. The van der Waals surface area contributed by atoms with Crippen LogP contribution >= 0.6 is 0 Å². The predicted octanol–water partition coefficient (Wildman–Crippen LogP) is 3.49. The van der Waals surface area contributed by atoms with Crippen LogP contribution in [-0.2, 0) is 22.7 Å². The van der Waals surface area contributed by atoms with E-state index in [1.807, 2.05) is 30.3 Å². The fourth-order valence-corrected chi connectivity index (χ4v) is 4.54. The Balaban J connectivity index is 1.61. The molecule has 2 aromatic carbocycles. The van der Waals surface area contributed by atoms with Gasteiger partial charge in [-0.25, -0.2) is 4.68 Å². The van der Waals surface area contributed by atoms with Crippen LogP contribution in [0.15, 0.2) is 87.9 Å². The normalized spacial score (nSPS) is 13.5. The van der Waals surface area contributed by atoms with Crippen LogP contribution in [0, 0.1) is 6.92 Å². The predicted molar refractivity (Wildman–Crippen MR) is 137 cm³/mol. The molecular formula is C28H26N4O5. The molecule has 0 fully saturated rings. The van der Waals surface area contributed by atoms with Crippen LogP contribution in [0.2, 0.25) is 0 Å². The molecule has 5 rings (SSSR count). The van der Waals surface area contributed by atoms with Crippen molar-refractivity contribution >= 4 is 17.4 Å². The number of nitrogens with zero attached hydrogens (tertiary/aromatic N) is 3. The number of furan rings is 1. The lowest BCUT2D eigenvalue weighted by atomic mass is 10.0. The molecule has 37 heavy (non-hydrogen) atoms. The summed E-state index contributed by atoms with van der Waals surface area (Å²) in [5, 5.41) is 3.06. The third-order valence-electron chi connectivity index (χ3n) is 6.33. The molecule has 9 heteroatoms. The molecule has 2 amide bonds. The van der Waals surface area contributed by atoms with Crippen LogP contribution in [0.4, 0.5) is 0 Å². The molecule has 1 N–H and O–H groups in total. The first-order chi connectivity index (χ1) is 17.9. The number of likely N-dealkylation sites (N-methyl/N-ethyl adjacent to an activating group) is 1. The van der Waals surface area contributed by atoms with Gasteiger partial charge in [-0.1, -0.05) is 30.3 Å². The van der Waals surface area contributed by atoms with Crippen molar-refractivity contribution in [1.82, 2.24) is 19.6 Å². The Kier molecular flexibility index (Phi) is 6.27. The number of benzene rings is 2. The summed E-state index contributed by atoms with van der Waals surface area (Å²) >= 11 is 0. The number of aryl methyl sites for hydroxylation is 1. The van der Waals surface area contributed by atoms with E-state index < -0.39 is 17.4 Å². The second-order valence-electron chi connectivity index (χ2n) is 8.79. The maximum Gasteiger partial charge on any atom is 0.279 e. The summed E-state index contributed by atoms with van der Waals surface area (Å²) in [5.41, 5.74) is 1.98. The van der Waals surface area contributed by atoms with Crippen molar-refractivity contribution in [2.24, 2.45) is 0 Å². The minimum atomic E-state index is -0.544. The molecule has 0 saturated heterocycles. The van der Waals surface area contributed by atoms with Gasteiger partial charge in [-0.3, -0.25) is 24.4 Å². The molecule has 3 heterocycles. The average Bonchev–Trinajstić information content (AvgIpc) is 3.58. The van der Waals surface area contributed by atoms with Crippen molar-refractivity contribution in [3.63, 3.8) is 0 Å². The Labute approximate surface area is 213 Å². The van der Waals surface area contributed by atoms with Gasteiger partial charge in [0.2, 0.25) is 0 Å². The van der Waals surface area contributed by atoms with E-state index in [1.165, 1.54) is 10.9 Å². The van der Waals surface area contributed by atoms with E-state index in [0.717, 1.165) is 10.5 Å². The highest BCUT2D eigenvalue weighted by Crippen LogP contribution is 2.33. The highest BCUT2D eigenvalue weighted by atomic mass is 16.5. The van der Waals surface area contributed by atoms with E-state index in [1.54, 1.807) is 62.4 Å². The van der Waals surface area contributed by atoms with Crippen molar-refractivity contribution < 1.29 is 18.7 Å². The molecule has 0 radical (unpaired) electrons. The first-order valence-corrected chi connectivity index (χ1v) is 11.7. The maximum atomic E-state index is 13.7. The smallest absolute Gasteiger partial charge is 0.279 e. The molecule has 188 valence electrons. The van der Waals surface area contributed by atoms with Gasteiger partial charge in [0.25, 0.3) is 17.4 Å². The number of carbonyl (C=O) groups excluding carboxylic acids is 2. The van der Waals surface area contributed by atoms with Crippen LogP contribution in [-0.4, -0.2) is 45.6 Å². The minimum absolute atomic E-state index is 0.0347. The van der Waals surface area contributed by atoms with Crippen molar-refractivity contribution in [3.8, 4) is 11.4 Å². The summed E-state index contributed by atoms with van der Waals surface area (Å²) in [6.07, 6.45) is 1.49. The van der Waals surface area contributed by atoms with Crippen LogP contribution in [0.25, 0.3) is 11.3 Å². The van der Waals surface area contributed by atoms with E-state index in [0.29, 0.717) is 29.4 Å². The highest BCUT2D eigenvalue weighted by Gasteiger charge is 2.43. The van der Waals surface area contributed by atoms with Crippen LogP contribution in [0.1, 0.15) is 22.6 Å². The van der Waals surface area contributed by atoms with Gasteiger partial charge in [-0.15, -0.1) is 0 Å². The minimum Gasteiger partial charge on any atom is -0.497 e. The van der Waals surface area contributed by atoms with Crippen LogP contribution in [0.3, 0.4) is 0 Å². The zero-order valence-electron chi connectivity index (χ0n) is 20.7. The number of ether oxygens (including phenoxy) is 1. The Morgan fingerprint density at radius 2 is 1.68 bits per heavy atom. The molecule has 0 aliphatic carbocycles. The molecular weight excluding hydrogens is 472 g/mol. The molecule has 0 atom stereocenters. The number of hydrogen-bond acceptors (Lipinski definition) is 6. The van der Waals surface area contributed by atoms with Gasteiger partial charge >= 0.3 is 0 Å². The maximum absolute atomic E-state index is 13.7. The zero-order valence-corrected chi connectivity index (χ0v) is 20.7. The van der Waals surface area contributed by atoms with Gasteiger partial charge in [-0.05, 0) is 48.9 Å². The Hall–Kier alpha value is -4.79. The molecule has 0 bridgehead atoms. The third kappa shape index (κ3) is 4.35. The number of hydrogen-bond donors (Lipinski definition) is 1. The lowest BCUT2D eigenvalue weighted by Gasteiger charge is -2.21. The van der Waals surface area contributed by atoms with Crippen molar-refractivity contribution in [2.75, 3.05) is 14.2 Å². The van der Waals surface area contributed by atoms with Crippen molar-refractivity contribution in [3.05, 3.63) is 112 Å². The molecule has 1 aliphatic rings. The Morgan fingerprint density at radius 1 is 0.946 bits per heavy atom. The summed E-state index contributed by atoms with van der Waals surface area (Å²) in [5.74, 6) is 0.0932. The van der Waals surface area contributed by atoms with Crippen LogP contribution in [0.5, 0.6) is 5.75 Å². The van der Waals surface area contributed by atoms with Gasteiger partial charge in [0, 0.05) is 19.3 Å². The van der Waals surface area contributed by atoms with Gasteiger partial charge < -0.3 is 14.1 Å². The second kappa shape index (κ2) is 9.69. The standard InChI is InChI=1S/C28H26N4O5/c1-18-23(27(34)32(29-18)20-11-13-21(36-3)14-12-20)24-25(30(2)16-19-8-5-4-6-9-19)28(35)31(26(24)33)17-22-10-7-15-37-22/h4-15,29H,16-17H2,1-3H3. The van der Waals surface area contributed by atoms with Crippen LogP contribution < -0.4 is 10.3 Å². The van der Waals surface area contributed by atoms with E-state index in [-0.39, 0.29) is 23.4 Å². The first kappa shape index (κ1) is 23.9. The molecule has 0 unspecified atom stereocenters. The zero-order chi connectivity index (χ0) is 26.1. The van der Waals surface area contributed by atoms with E-state index in [4.69, 9.17) is 9.15 Å². The van der Waals surface area contributed by atoms with Gasteiger partial charge in [0.15, 0.2) is 0 Å². The number of H-pyrrole nitrogens is 1. The largest absolute Gasteiger partial charge is 0.497 e. The Bertz CT molecular complexity index is 1530. The Morgan fingerprint density at radius 3 is 2.32 bits per heavy atom. The van der Waals surface area contributed by atoms with Crippen molar-refractivity contribution in [1.29, 1.82) is 0 Å². The SMILES string of the molecule is COc1ccc(-n2[nH]c(C)c(C3=C(N(C)Cc4ccccc4)C(=O)N(Cc4ccco4)C3=O)c2=O)cc1. The summed E-state index contributed by atoms with van der Waals surface area (Å²) in [6.45, 7) is 2.06. The molecule has 9 nitrogen and oxygen atoms in total. The van der Waals surface area contributed by atoms with Crippen molar-refractivity contribution in [2.45, 2.75) is 20.0 Å². The fourth-order valence-electron chi connectivity index (χ4n) is 4.54. The molecule has 2 aromatic heterocycles. The molecule has 0 spiro atoms. The number of aromatic nitrogens is 2. The number of rotatable bonds is 8. The lowest BCUT2D eigenvalue weighted by Crippen LogP contribution is -2.33. The first-order valence-electron chi connectivity index (χ1n) is 11.7. The number of aromatic amines is 1. The number of amides is 2. The quantitative estimate of drug-likeness (QED) is 0.373. The molecule has 1 aliphatic heterocycles. The number of imide groups is 1. The van der Waals surface area contributed by atoms with Gasteiger partial charge in [0.05, 0.1) is 36.7 Å². The second-order valence-corrected chi connectivity index (χ2v) is 8.79. The van der Waals surface area contributed by atoms with Gasteiger partial charge in [-0.2, -0.15) is 0 Å². The third-order valence-corrected chi connectivity index (χ3v) is 6.33. The number of carbonyl (C=O) groups is 2.